The van der Waals surface area contributed by atoms with Gasteiger partial charge in [0.15, 0.2) is 0 Å². The van der Waals surface area contributed by atoms with Gasteiger partial charge in [0, 0.05) is 36.7 Å². The largest absolute Gasteiger partial charge is 0.381 e. The molecule has 0 atom stereocenters. The van der Waals surface area contributed by atoms with Crippen molar-refractivity contribution in [2.45, 2.75) is 27.3 Å². The summed E-state index contributed by atoms with van der Waals surface area (Å²) in [5.74, 6) is 0. The SMILES string of the molecule is Cc1cc([N+](=O)[O-])c(Cl)cc1NCc1cc(C)n(C)c1C. The molecule has 1 N–H and O–H groups in total. The number of hydrogen-bond donors (Lipinski definition) is 1. The molecule has 0 aliphatic carbocycles. The van der Waals surface area contributed by atoms with Crippen LogP contribution in [0.2, 0.25) is 5.02 Å². The minimum Gasteiger partial charge on any atom is -0.381 e. The van der Waals surface area contributed by atoms with Gasteiger partial charge < -0.3 is 9.88 Å². The third-order valence-corrected chi connectivity index (χ3v) is 4.14. The van der Waals surface area contributed by atoms with Crippen LogP contribution < -0.4 is 5.32 Å². The molecule has 0 fully saturated rings. The lowest BCUT2D eigenvalue weighted by Gasteiger charge is -2.10. The van der Waals surface area contributed by atoms with Gasteiger partial charge in [0.25, 0.3) is 5.69 Å². The van der Waals surface area contributed by atoms with Crippen LogP contribution in [0.25, 0.3) is 0 Å². The van der Waals surface area contributed by atoms with Crippen molar-refractivity contribution >= 4 is 23.0 Å². The fourth-order valence-corrected chi connectivity index (χ4v) is 2.53. The molecule has 0 bridgehead atoms. The van der Waals surface area contributed by atoms with E-state index in [2.05, 4.69) is 29.8 Å². The van der Waals surface area contributed by atoms with Crippen LogP contribution in [0.4, 0.5) is 11.4 Å². The lowest BCUT2D eigenvalue weighted by atomic mass is 10.1. The normalized spacial score (nSPS) is 10.7. The maximum atomic E-state index is 10.8. The van der Waals surface area contributed by atoms with Gasteiger partial charge >= 0.3 is 0 Å². The van der Waals surface area contributed by atoms with Gasteiger partial charge in [-0.05, 0) is 44.0 Å². The molecule has 0 aliphatic rings. The molecule has 2 aromatic rings. The number of aryl methyl sites for hydroxylation is 2. The summed E-state index contributed by atoms with van der Waals surface area (Å²) >= 11 is 5.95. The predicted molar refractivity (Wildman–Crippen MR) is 85.1 cm³/mol. The molecule has 6 heteroatoms. The van der Waals surface area contributed by atoms with Gasteiger partial charge in [-0.1, -0.05) is 11.6 Å². The first-order valence-corrected chi connectivity index (χ1v) is 6.99. The maximum absolute atomic E-state index is 10.8. The van der Waals surface area contributed by atoms with E-state index in [-0.39, 0.29) is 10.7 Å². The van der Waals surface area contributed by atoms with Crippen LogP contribution in [0, 0.1) is 30.9 Å². The molecule has 1 aromatic carbocycles. The molecule has 21 heavy (non-hydrogen) atoms. The number of nitro benzene ring substituents is 1. The molecule has 1 aromatic heterocycles. The molecule has 2 rings (SSSR count). The number of nitrogens with zero attached hydrogens (tertiary/aromatic N) is 2. The lowest BCUT2D eigenvalue weighted by molar-refractivity contribution is -0.384. The highest BCUT2D eigenvalue weighted by molar-refractivity contribution is 6.33. The second-order valence-corrected chi connectivity index (χ2v) is 5.59. The van der Waals surface area contributed by atoms with E-state index in [1.807, 2.05) is 14.0 Å². The third kappa shape index (κ3) is 3.03. The molecular formula is C15H18ClN3O2. The highest BCUT2D eigenvalue weighted by atomic mass is 35.5. The number of nitro groups is 1. The van der Waals surface area contributed by atoms with E-state index >= 15 is 0 Å². The Morgan fingerprint density at radius 3 is 2.48 bits per heavy atom. The van der Waals surface area contributed by atoms with E-state index in [9.17, 15) is 10.1 Å². The van der Waals surface area contributed by atoms with Gasteiger partial charge in [-0.25, -0.2) is 0 Å². The second kappa shape index (κ2) is 5.77. The van der Waals surface area contributed by atoms with Gasteiger partial charge in [-0.3, -0.25) is 10.1 Å². The Hall–Kier alpha value is -2.01. The van der Waals surface area contributed by atoms with Crippen molar-refractivity contribution in [3.8, 4) is 0 Å². The minimum absolute atomic E-state index is 0.0635. The van der Waals surface area contributed by atoms with Crippen molar-refractivity contribution in [2.24, 2.45) is 7.05 Å². The molecule has 1 heterocycles. The van der Waals surface area contributed by atoms with E-state index in [1.165, 1.54) is 23.0 Å². The van der Waals surface area contributed by atoms with Gasteiger partial charge in [0.1, 0.15) is 5.02 Å². The van der Waals surface area contributed by atoms with Crippen LogP contribution in [-0.2, 0) is 13.6 Å². The number of halogens is 1. The van der Waals surface area contributed by atoms with Crippen molar-refractivity contribution < 1.29 is 4.92 Å². The molecule has 112 valence electrons. The number of hydrogen-bond acceptors (Lipinski definition) is 3. The summed E-state index contributed by atoms with van der Waals surface area (Å²) < 4.78 is 2.13. The number of nitrogens with one attached hydrogen (secondary N) is 1. The zero-order chi connectivity index (χ0) is 15.7. The smallest absolute Gasteiger partial charge is 0.288 e. The Morgan fingerprint density at radius 2 is 1.95 bits per heavy atom. The van der Waals surface area contributed by atoms with Gasteiger partial charge in [-0.2, -0.15) is 0 Å². The lowest BCUT2D eigenvalue weighted by Crippen LogP contribution is -2.03. The van der Waals surface area contributed by atoms with Gasteiger partial charge in [0.2, 0.25) is 0 Å². The fraction of sp³-hybridized carbons (Fsp3) is 0.333. The molecule has 0 radical (unpaired) electrons. The van der Waals surface area contributed by atoms with Crippen LogP contribution in [-0.4, -0.2) is 9.49 Å². The van der Waals surface area contributed by atoms with Crippen LogP contribution in [0.1, 0.15) is 22.5 Å². The molecule has 0 saturated heterocycles. The molecule has 0 aliphatic heterocycles. The first kappa shape index (κ1) is 15.4. The summed E-state index contributed by atoms with van der Waals surface area (Å²) in [5.41, 5.74) is 5.15. The second-order valence-electron chi connectivity index (χ2n) is 5.18. The first-order valence-electron chi connectivity index (χ1n) is 6.61. The summed E-state index contributed by atoms with van der Waals surface area (Å²) in [4.78, 5) is 10.4. The highest BCUT2D eigenvalue weighted by Gasteiger charge is 2.15. The molecule has 0 saturated carbocycles. The number of benzene rings is 1. The molecule has 0 unspecified atom stereocenters. The fourth-order valence-electron chi connectivity index (χ4n) is 2.30. The highest BCUT2D eigenvalue weighted by Crippen LogP contribution is 2.31. The van der Waals surface area contributed by atoms with E-state index in [4.69, 9.17) is 11.6 Å². The quantitative estimate of drug-likeness (QED) is 0.682. The van der Waals surface area contributed by atoms with Crippen molar-refractivity contribution in [2.75, 3.05) is 5.32 Å². The Labute approximate surface area is 128 Å². The molecular weight excluding hydrogens is 290 g/mol. The zero-order valence-electron chi connectivity index (χ0n) is 12.5. The van der Waals surface area contributed by atoms with Gasteiger partial charge in [-0.15, -0.1) is 0 Å². The Morgan fingerprint density at radius 1 is 1.29 bits per heavy atom. The van der Waals surface area contributed by atoms with Crippen molar-refractivity contribution in [1.29, 1.82) is 0 Å². The Balaban J connectivity index is 2.22. The Bertz CT molecular complexity index is 707. The third-order valence-electron chi connectivity index (χ3n) is 3.84. The van der Waals surface area contributed by atoms with Crippen LogP contribution >= 0.6 is 11.6 Å². The molecule has 0 amide bonds. The van der Waals surface area contributed by atoms with Crippen LogP contribution in [0.5, 0.6) is 0 Å². The first-order chi connectivity index (χ1) is 9.81. The summed E-state index contributed by atoms with van der Waals surface area (Å²) in [5, 5.41) is 14.3. The zero-order valence-corrected chi connectivity index (χ0v) is 13.3. The van der Waals surface area contributed by atoms with E-state index in [1.54, 1.807) is 6.07 Å². The number of anilines is 1. The van der Waals surface area contributed by atoms with Crippen molar-refractivity contribution in [3.63, 3.8) is 0 Å². The number of aromatic nitrogens is 1. The van der Waals surface area contributed by atoms with E-state index in [0.717, 1.165) is 11.3 Å². The average Bonchev–Trinajstić information content (AvgIpc) is 2.66. The summed E-state index contributed by atoms with van der Waals surface area (Å²) in [6, 6.07) is 5.23. The summed E-state index contributed by atoms with van der Waals surface area (Å²) in [6.45, 7) is 6.61. The average molecular weight is 308 g/mol. The number of rotatable bonds is 4. The maximum Gasteiger partial charge on any atom is 0.288 e. The standard InChI is InChI=1S/C15H18ClN3O2/c1-9-5-15(19(20)21)13(16)7-14(9)17-8-12-6-10(2)18(4)11(12)3/h5-7,17H,8H2,1-4H3. The van der Waals surface area contributed by atoms with Crippen LogP contribution in [0.3, 0.4) is 0 Å². The topological polar surface area (TPSA) is 60.1 Å². The monoisotopic (exact) mass is 307 g/mol. The van der Waals surface area contributed by atoms with E-state index < -0.39 is 4.92 Å². The Kier molecular flexibility index (Phi) is 4.23. The molecule has 0 spiro atoms. The van der Waals surface area contributed by atoms with Crippen molar-refractivity contribution in [3.05, 3.63) is 55.9 Å². The summed E-state index contributed by atoms with van der Waals surface area (Å²) in [7, 11) is 2.03. The van der Waals surface area contributed by atoms with Gasteiger partial charge in [0.05, 0.1) is 4.92 Å². The van der Waals surface area contributed by atoms with Crippen molar-refractivity contribution in [1.82, 2.24) is 4.57 Å². The van der Waals surface area contributed by atoms with Crippen LogP contribution in [0.15, 0.2) is 18.2 Å². The summed E-state index contributed by atoms with van der Waals surface area (Å²) in [6.07, 6.45) is 0. The molecule has 5 nitrogen and oxygen atoms in total. The van der Waals surface area contributed by atoms with E-state index in [0.29, 0.717) is 6.54 Å². The predicted octanol–water partition coefficient (Wildman–Crippen LogP) is 4.12. The minimum atomic E-state index is -0.468.